The topological polar surface area (TPSA) is 108 Å². The van der Waals surface area contributed by atoms with E-state index in [9.17, 15) is 4.79 Å². The summed E-state index contributed by atoms with van der Waals surface area (Å²) in [6.45, 7) is 0. The predicted molar refractivity (Wildman–Crippen MR) is 127 cm³/mol. The number of hydrogen-bond acceptors (Lipinski definition) is 7. The molecule has 4 N–H and O–H groups in total. The van der Waals surface area contributed by atoms with Gasteiger partial charge in [-0.1, -0.05) is 17.7 Å². The van der Waals surface area contributed by atoms with E-state index in [1.807, 2.05) is 6.07 Å². The van der Waals surface area contributed by atoms with Crippen LogP contribution in [0.3, 0.4) is 0 Å². The Labute approximate surface area is 191 Å². The van der Waals surface area contributed by atoms with Gasteiger partial charge >= 0.3 is 0 Å². The Kier molecular flexibility index (Phi) is 7.41. The number of anilines is 4. The lowest BCUT2D eigenvalue weighted by Gasteiger charge is -2.15. The van der Waals surface area contributed by atoms with Gasteiger partial charge in [-0.2, -0.15) is 0 Å². The molecule has 0 saturated carbocycles. The smallest absolute Gasteiger partial charge is 0.248 e. The number of nitrogen functional groups attached to an aromatic ring is 1. The van der Waals surface area contributed by atoms with Crippen LogP contribution in [0.5, 0.6) is 17.2 Å². The summed E-state index contributed by atoms with van der Waals surface area (Å²) in [7, 11) is 4.62. The van der Waals surface area contributed by atoms with Crippen LogP contribution in [0.2, 0.25) is 5.02 Å². The van der Waals surface area contributed by atoms with Gasteiger partial charge in [0.15, 0.2) is 11.5 Å². The van der Waals surface area contributed by atoms with Gasteiger partial charge in [-0.15, -0.1) is 0 Å². The molecule has 0 unspecified atom stereocenters. The molecule has 8 nitrogen and oxygen atoms in total. The number of aromatic nitrogens is 1. The van der Waals surface area contributed by atoms with Crippen LogP contribution in [0.4, 0.5) is 22.9 Å². The second-order valence-electron chi connectivity index (χ2n) is 6.51. The van der Waals surface area contributed by atoms with Crippen molar-refractivity contribution >= 4 is 46.5 Å². The molecule has 0 saturated heterocycles. The quantitative estimate of drug-likeness (QED) is 0.333. The summed E-state index contributed by atoms with van der Waals surface area (Å²) >= 11 is 6.11. The molecule has 1 amide bonds. The van der Waals surface area contributed by atoms with Gasteiger partial charge in [0.05, 0.1) is 37.7 Å². The number of ether oxygens (including phenoxy) is 3. The number of carbonyl (C=O) groups is 1. The van der Waals surface area contributed by atoms with Gasteiger partial charge in [-0.3, -0.25) is 4.79 Å². The first-order chi connectivity index (χ1) is 15.5. The Morgan fingerprint density at radius 2 is 1.78 bits per heavy atom. The average Bonchev–Trinajstić information content (AvgIpc) is 2.80. The van der Waals surface area contributed by atoms with Gasteiger partial charge in [0.2, 0.25) is 11.7 Å². The molecule has 3 rings (SSSR count). The molecule has 9 heteroatoms. The Morgan fingerprint density at radius 3 is 2.41 bits per heavy atom. The zero-order chi connectivity index (χ0) is 23.1. The van der Waals surface area contributed by atoms with E-state index in [4.69, 9.17) is 31.5 Å². The first-order valence-electron chi connectivity index (χ1n) is 9.52. The molecule has 0 aliphatic rings. The lowest BCUT2D eigenvalue weighted by molar-refractivity contribution is -0.111. The van der Waals surface area contributed by atoms with E-state index >= 15 is 0 Å². The number of rotatable bonds is 8. The maximum Gasteiger partial charge on any atom is 0.248 e. The van der Waals surface area contributed by atoms with Crippen molar-refractivity contribution < 1.29 is 19.0 Å². The van der Waals surface area contributed by atoms with Gasteiger partial charge in [0.1, 0.15) is 5.82 Å². The summed E-state index contributed by atoms with van der Waals surface area (Å²) in [5.74, 6) is 1.63. The van der Waals surface area contributed by atoms with Crippen molar-refractivity contribution in [2.45, 2.75) is 0 Å². The second kappa shape index (κ2) is 10.4. The highest BCUT2D eigenvalue weighted by atomic mass is 35.5. The van der Waals surface area contributed by atoms with E-state index in [1.165, 1.54) is 13.2 Å². The van der Waals surface area contributed by atoms with Gasteiger partial charge in [0, 0.05) is 35.7 Å². The van der Waals surface area contributed by atoms with Crippen molar-refractivity contribution in [1.82, 2.24) is 4.98 Å². The number of pyridine rings is 1. The molecule has 3 aromatic rings. The maximum atomic E-state index is 12.4. The zero-order valence-corrected chi connectivity index (χ0v) is 18.6. The van der Waals surface area contributed by atoms with Crippen molar-refractivity contribution in [3.8, 4) is 17.2 Å². The SMILES string of the molecule is COc1cc(Nc2ncccc2/C=C/C(=O)Nc2c(N)cccc2Cl)cc(OC)c1OC. The Balaban J connectivity index is 1.83. The van der Waals surface area contributed by atoms with Crippen molar-refractivity contribution in [2.24, 2.45) is 0 Å². The summed E-state index contributed by atoms with van der Waals surface area (Å²) < 4.78 is 16.1. The summed E-state index contributed by atoms with van der Waals surface area (Å²) in [5.41, 5.74) is 7.98. The molecule has 0 aliphatic carbocycles. The molecule has 0 aliphatic heterocycles. The van der Waals surface area contributed by atoms with Crippen LogP contribution in [0, 0.1) is 0 Å². The Hall–Kier alpha value is -3.91. The third-order valence-electron chi connectivity index (χ3n) is 4.47. The first-order valence-corrected chi connectivity index (χ1v) is 9.89. The van der Waals surface area contributed by atoms with Crippen LogP contribution in [-0.4, -0.2) is 32.2 Å². The van der Waals surface area contributed by atoms with Crippen LogP contribution < -0.4 is 30.6 Å². The highest BCUT2D eigenvalue weighted by Crippen LogP contribution is 2.40. The summed E-state index contributed by atoms with van der Waals surface area (Å²) in [6.07, 6.45) is 4.65. The molecule has 0 fully saturated rings. The first kappa shape index (κ1) is 22.8. The van der Waals surface area contributed by atoms with E-state index < -0.39 is 0 Å². The van der Waals surface area contributed by atoms with E-state index in [0.717, 1.165) is 0 Å². The molecular weight excluding hydrogens is 432 g/mol. The maximum absolute atomic E-state index is 12.4. The number of methoxy groups -OCH3 is 3. The van der Waals surface area contributed by atoms with Crippen molar-refractivity contribution in [3.63, 3.8) is 0 Å². The van der Waals surface area contributed by atoms with E-state index in [-0.39, 0.29) is 5.91 Å². The standard InChI is InChI=1S/C23H23ClN4O4/c1-30-18-12-15(13-19(31-2)22(18)32-3)27-23-14(6-5-11-26-23)9-10-20(29)28-21-16(24)7-4-8-17(21)25/h4-13H,25H2,1-3H3,(H,26,27)(H,28,29)/b10-9+. The number of para-hydroxylation sites is 1. The molecule has 1 aromatic heterocycles. The number of nitrogens with zero attached hydrogens (tertiary/aromatic N) is 1. The van der Waals surface area contributed by atoms with E-state index in [1.54, 1.807) is 62.9 Å². The van der Waals surface area contributed by atoms with Crippen molar-refractivity contribution in [1.29, 1.82) is 0 Å². The lowest BCUT2D eigenvalue weighted by Crippen LogP contribution is -2.10. The largest absolute Gasteiger partial charge is 0.493 e. The Bertz CT molecular complexity index is 1110. The second-order valence-corrected chi connectivity index (χ2v) is 6.91. The number of halogens is 1. The van der Waals surface area contributed by atoms with Crippen molar-refractivity contribution in [3.05, 3.63) is 65.3 Å². The minimum atomic E-state index is -0.382. The van der Waals surface area contributed by atoms with Crippen LogP contribution >= 0.6 is 11.6 Å². The number of amides is 1. The molecule has 0 radical (unpaired) electrons. The van der Waals surface area contributed by atoms with Gasteiger partial charge < -0.3 is 30.6 Å². The highest BCUT2D eigenvalue weighted by molar-refractivity contribution is 6.34. The third-order valence-corrected chi connectivity index (χ3v) is 4.79. The number of nitrogens with two attached hydrogens (primary N) is 1. The summed E-state index contributed by atoms with van der Waals surface area (Å²) in [4.78, 5) is 16.8. The third kappa shape index (κ3) is 5.22. The minimum Gasteiger partial charge on any atom is -0.493 e. The van der Waals surface area contributed by atoms with Crippen molar-refractivity contribution in [2.75, 3.05) is 37.7 Å². The molecular formula is C23H23ClN4O4. The van der Waals surface area contributed by atoms with E-state index in [2.05, 4.69) is 15.6 Å². The van der Waals surface area contributed by atoms with Crippen LogP contribution in [0.25, 0.3) is 6.08 Å². The van der Waals surface area contributed by atoms with Gasteiger partial charge in [0.25, 0.3) is 0 Å². The molecule has 0 bridgehead atoms. The number of carbonyl (C=O) groups excluding carboxylic acids is 1. The van der Waals surface area contributed by atoms with Crippen LogP contribution in [0.15, 0.2) is 54.7 Å². The average molecular weight is 455 g/mol. The fourth-order valence-corrected chi connectivity index (χ4v) is 3.18. The molecule has 0 spiro atoms. The molecule has 1 heterocycles. The normalized spacial score (nSPS) is 10.6. The minimum absolute atomic E-state index is 0.359. The van der Waals surface area contributed by atoms with Crippen LogP contribution in [-0.2, 0) is 4.79 Å². The fourth-order valence-electron chi connectivity index (χ4n) is 2.95. The summed E-state index contributed by atoms with van der Waals surface area (Å²) in [6, 6.07) is 12.1. The lowest BCUT2D eigenvalue weighted by atomic mass is 10.2. The highest BCUT2D eigenvalue weighted by Gasteiger charge is 2.14. The van der Waals surface area contributed by atoms with E-state index in [0.29, 0.717) is 50.7 Å². The summed E-state index contributed by atoms with van der Waals surface area (Å²) in [5, 5.41) is 6.26. The molecule has 32 heavy (non-hydrogen) atoms. The van der Waals surface area contributed by atoms with Crippen LogP contribution in [0.1, 0.15) is 5.56 Å². The number of hydrogen-bond donors (Lipinski definition) is 3. The monoisotopic (exact) mass is 454 g/mol. The van der Waals surface area contributed by atoms with Gasteiger partial charge in [-0.05, 0) is 30.3 Å². The predicted octanol–water partition coefficient (Wildman–Crippen LogP) is 4.74. The number of benzene rings is 2. The Morgan fingerprint density at radius 1 is 1.06 bits per heavy atom. The fraction of sp³-hybridized carbons (Fsp3) is 0.130. The zero-order valence-electron chi connectivity index (χ0n) is 17.8. The molecule has 166 valence electrons. The number of nitrogens with one attached hydrogen (secondary N) is 2. The molecule has 0 atom stereocenters. The van der Waals surface area contributed by atoms with Gasteiger partial charge in [-0.25, -0.2) is 4.98 Å². The molecule has 2 aromatic carbocycles.